The molecule has 2 aromatic carbocycles. The average molecular weight is 264 g/mol. The minimum atomic E-state index is 0.0375. The molecule has 0 saturated heterocycles. The van der Waals surface area contributed by atoms with Crippen LogP contribution in [0.5, 0.6) is 0 Å². The Kier molecular flexibility index (Phi) is 3.15. The van der Waals surface area contributed by atoms with E-state index in [4.69, 9.17) is 4.42 Å². The van der Waals surface area contributed by atoms with Crippen LogP contribution in [0.15, 0.2) is 52.9 Å². The lowest BCUT2D eigenvalue weighted by molar-refractivity contribution is 0.103. The minimum Gasteiger partial charge on any atom is -0.460 e. The number of para-hydroxylation sites is 1. The van der Waals surface area contributed by atoms with E-state index in [2.05, 4.69) is 0 Å². The lowest BCUT2D eigenvalue weighted by Gasteiger charge is -2.02. The molecule has 0 saturated carbocycles. The molecule has 0 aliphatic carbocycles. The van der Waals surface area contributed by atoms with Gasteiger partial charge in [-0.3, -0.25) is 4.79 Å². The first kappa shape index (κ1) is 12.7. The van der Waals surface area contributed by atoms with Crippen LogP contribution in [0.4, 0.5) is 0 Å². The van der Waals surface area contributed by atoms with Gasteiger partial charge in [-0.15, -0.1) is 0 Å². The zero-order valence-corrected chi connectivity index (χ0v) is 11.6. The van der Waals surface area contributed by atoms with E-state index in [9.17, 15) is 4.79 Å². The second-order valence-electron chi connectivity index (χ2n) is 4.95. The van der Waals surface area contributed by atoms with E-state index in [1.807, 2.05) is 62.4 Å². The molecule has 1 heterocycles. The highest BCUT2D eigenvalue weighted by Gasteiger charge is 2.20. The van der Waals surface area contributed by atoms with Gasteiger partial charge in [0.2, 0.25) is 0 Å². The average Bonchev–Trinajstić information content (AvgIpc) is 2.85. The Bertz CT molecular complexity index is 781. The Morgan fingerprint density at radius 2 is 1.90 bits per heavy atom. The smallest absolute Gasteiger partial charge is 0.197 e. The van der Waals surface area contributed by atoms with E-state index in [-0.39, 0.29) is 5.78 Å². The predicted molar refractivity (Wildman–Crippen MR) is 80.2 cm³/mol. The maximum atomic E-state index is 12.8. The molecule has 0 fully saturated rings. The van der Waals surface area contributed by atoms with Crippen molar-refractivity contribution in [3.05, 3.63) is 71.0 Å². The number of carbonyl (C=O) groups is 1. The fourth-order valence-electron chi connectivity index (χ4n) is 2.52. The van der Waals surface area contributed by atoms with Gasteiger partial charge in [0, 0.05) is 17.4 Å². The molecule has 0 spiro atoms. The third kappa shape index (κ3) is 2.03. The molecule has 0 unspecified atom stereocenters. The van der Waals surface area contributed by atoms with E-state index < -0.39 is 0 Å². The van der Waals surface area contributed by atoms with Crippen molar-refractivity contribution in [3.8, 4) is 0 Å². The van der Waals surface area contributed by atoms with Gasteiger partial charge in [0.15, 0.2) is 5.78 Å². The third-order valence-electron chi connectivity index (χ3n) is 3.50. The normalized spacial score (nSPS) is 10.9. The fourth-order valence-corrected chi connectivity index (χ4v) is 2.52. The summed E-state index contributed by atoms with van der Waals surface area (Å²) in [4.78, 5) is 12.8. The summed E-state index contributed by atoms with van der Waals surface area (Å²) >= 11 is 0. The topological polar surface area (TPSA) is 30.2 Å². The molecule has 3 aromatic rings. The Labute approximate surface area is 118 Å². The molecule has 100 valence electrons. The van der Waals surface area contributed by atoms with Crippen molar-refractivity contribution in [3.63, 3.8) is 0 Å². The van der Waals surface area contributed by atoms with Crippen LogP contribution in [0, 0.1) is 6.92 Å². The molecule has 0 N–H and O–H groups in total. The van der Waals surface area contributed by atoms with Crippen molar-refractivity contribution >= 4 is 16.8 Å². The molecule has 2 heteroatoms. The van der Waals surface area contributed by atoms with E-state index in [0.717, 1.165) is 22.3 Å². The first-order valence-electron chi connectivity index (χ1n) is 6.82. The maximum absolute atomic E-state index is 12.8. The van der Waals surface area contributed by atoms with Crippen molar-refractivity contribution in [2.24, 2.45) is 0 Å². The summed E-state index contributed by atoms with van der Waals surface area (Å²) in [6, 6.07) is 15.4. The first-order valence-corrected chi connectivity index (χ1v) is 6.82. The van der Waals surface area contributed by atoms with Crippen LogP contribution in [0.2, 0.25) is 0 Å². The van der Waals surface area contributed by atoms with Gasteiger partial charge in [-0.05, 0) is 19.1 Å². The summed E-state index contributed by atoms with van der Waals surface area (Å²) in [5.74, 6) is 0.799. The quantitative estimate of drug-likeness (QED) is 0.650. The van der Waals surface area contributed by atoms with E-state index in [0.29, 0.717) is 17.5 Å². The van der Waals surface area contributed by atoms with Gasteiger partial charge >= 0.3 is 0 Å². The Hall–Kier alpha value is -2.35. The predicted octanol–water partition coefficient (Wildman–Crippen LogP) is 4.53. The zero-order chi connectivity index (χ0) is 14.1. The number of rotatable bonds is 3. The van der Waals surface area contributed by atoms with Crippen LogP contribution in [0.1, 0.15) is 34.2 Å². The molecule has 0 radical (unpaired) electrons. The van der Waals surface area contributed by atoms with Crippen molar-refractivity contribution in [2.45, 2.75) is 20.3 Å². The van der Waals surface area contributed by atoms with Gasteiger partial charge in [0.25, 0.3) is 0 Å². The molecule has 1 aromatic heterocycles. The van der Waals surface area contributed by atoms with Gasteiger partial charge in [-0.25, -0.2) is 0 Å². The maximum Gasteiger partial charge on any atom is 0.197 e. The summed E-state index contributed by atoms with van der Waals surface area (Å²) in [5, 5.41) is 0.899. The summed E-state index contributed by atoms with van der Waals surface area (Å²) in [6.07, 6.45) is 0.710. The van der Waals surface area contributed by atoms with Gasteiger partial charge in [-0.1, -0.05) is 48.9 Å². The number of benzene rings is 2. The second-order valence-corrected chi connectivity index (χ2v) is 4.95. The monoisotopic (exact) mass is 264 g/mol. The highest BCUT2D eigenvalue weighted by atomic mass is 16.3. The molecule has 0 bridgehead atoms. The number of aryl methyl sites for hydroxylation is 2. The minimum absolute atomic E-state index is 0.0375. The number of hydrogen-bond donors (Lipinski definition) is 0. The van der Waals surface area contributed by atoms with Gasteiger partial charge in [0.05, 0.1) is 5.56 Å². The number of fused-ring (bicyclic) bond motifs is 1. The Morgan fingerprint density at radius 3 is 2.65 bits per heavy atom. The number of ketones is 1. The van der Waals surface area contributed by atoms with E-state index in [1.165, 1.54) is 0 Å². The molecule has 0 aliphatic rings. The highest BCUT2D eigenvalue weighted by molar-refractivity contribution is 6.16. The molecule has 0 aliphatic heterocycles. The van der Waals surface area contributed by atoms with Crippen molar-refractivity contribution in [2.75, 3.05) is 0 Å². The number of furan rings is 1. The van der Waals surface area contributed by atoms with Gasteiger partial charge < -0.3 is 4.42 Å². The number of hydrogen-bond acceptors (Lipinski definition) is 2. The molecular weight excluding hydrogens is 248 g/mol. The van der Waals surface area contributed by atoms with Crippen molar-refractivity contribution < 1.29 is 9.21 Å². The van der Waals surface area contributed by atoms with E-state index in [1.54, 1.807) is 0 Å². The molecule has 3 rings (SSSR count). The summed E-state index contributed by atoms with van der Waals surface area (Å²) in [7, 11) is 0. The zero-order valence-electron chi connectivity index (χ0n) is 11.6. The lowest BCUT2D eigenvalue weighted by atomic mass is 9.98. The summed E-state index contributed by atoms with van der Waals surface area (Å²) in [6.45, 7) is 4.00. The van der Waals surface area contributed by atoms with Crippen molar-refractivity contribution in [1.29, 1.82) is 0 Å². The van der Waals surface area contributed by atoms with E-state index >= 15 is 0 Å². The molecule has 20 heavy (non-hydrogen) atoms. The molecule has 2 nitrogen and oxygen atoms in total. The lowest BCUT2D eigenvalue weighted by Crippen LogP contribution is -2.03. The second kappa shape index (κ2) is 4.97. The summed E-state index contributed by atoms with van der Waals surface area (Å²) < 4.78 is 5.80. The Balaban J connectivity index is 2.20. The van der Waals surface area contributed by atoms with Crippen LogP contribution in [-0.4, -0.2) is 5.78 Å². The van der Waals surface area contributed by atoms with Crippen LogP contribution < -0.4 is 0 Å². The largest absolute Gasteiger partial charge is 0.460 e. The molecule has 0 atom stereocenters. The van der Waals surface area contributed by atoms with Crippen LogP contribution in [0.25, 0.3) is 11.0 Å². The highest BCUT2D eigenvalue weighted by Crippen LogP contribution is 2.28. The van der Waals surface area contributed by atoms with Crippen molar-refractivity contribution in [1.82, 2.24) is 0 Å². The van der Waals surface area contributed by atoms with Gasteiger partial charge in [-0.2, -0.15) is 0 Å². The fraction of sp³-hybridized carbons (Fsp3) is 0.167. The van der Waals surface area contributed by atoms with Crippen LogP contribution in [0.3, 0.4) is 0 Å². The SMILES string of the molecule is CCc1oc2ccccc2c1C(=O)c1cccc(C)c1. The van der Waals surface area contributed by atoms with Gasteiger partial charge in [0.1, 0.15) is 11.3 Å². The molecule has 0 amide bonds. The number of carbonyl (C=O) groups excluding carboxylic acids is 1. The first-order chi connectivity index (χ1) is 9.70. The van der Waals surface area contributed by atoms with Crippen LogP contribution in [-0.2, 0) is 6.42 Å². The van der Waals surface area contributed by atoms with Crippen LogP contribution >= 0.6 is 0 Å². The molecular formula is C18H16O2. The summed E-state index contributed by atoms with van der Waals surface area (Å²) in [5.41, 5.74) is 3.28. The standard InChI is InChI=1S/C18H16O2/c1-3-15-17(14-9-4-5-10-16(14)20-15)18(19)13-8-6-7-12(2)11-13/h4-11H,3H2,1-2H3. The third-order valence-corrected chi connectivity index (χ3v) is 3.50. The Morgan fingerprint density at radius 1 is 1.10 bits per heavy atom.